The van der Waals surface area contributed by atoms with Crippen LogP contribution in [-0.4, -0.2) is 50.2 Å². The highest BCUT2D eigenvalue weighted by molar-refractivity contribution is 7.88. The van der Waals surface area contributed by atoms with Crippen molar-refractivity contribution >= 4 is 15.9 Å². The number of carbonyl (C=O) groups excluding carboxylic acids is 1. The maximum Gasteiger partial charge on any atom is 0.240 e. The van der Waals surface area contributed by atoms with E-state index in [4.69, 9.17) is 0 Å². The SMILES string of the molecule is Cc1cccc(CS(=O)(=O)N(C)[C@@H]2CCN(C)C2=O)c1. The van der Waals surface area contributed by atoms with E-state index in [9.17, 15) is 13.2 Å². The molecule has 0 spiro atoms. The van der Waals surface area contributed by atoms with Crippen LogP contribution in [0, 0.1) is 6.92 Å². The lowest BCUT2D eigenvalue weighted by atomic mass is 10.2. The smallest absolute Gasteiger partial charge is 0.240 e. The molecule has 110 valence electrons. The number of rotatable bonds is 4. The summed E-state index contributed by atoms with van der Waals surface area (Å²) in [5, 5.41) is 0. The van der Waals surface area contributed by atoms with Crippen molar-refractivity contribution < 1.29 is 13.2 Å². The zero-order valence-electron chi connectivity index (χ0n) is 12.0. The van der Waals surface area contributed by atoms with Crippen molar-refractivity contribution in [2.45, 2.75) is 25.1 Å². The Morgan fingerprint density at radius 3 is 2.65 bits per heavy atom. The molecule has 1 fully saturated rings. The first kappa shape index (κ1) is 15.0. The lowest BCUT2D eigenvalue weighted by molar-refractivity contribution is -0.129. The summed E-state index contributed by atoms with van der Waals surface area (Å²) in [7, 11) is -0.293. The number of amides is 1. The Morgan fingerprint density at radius 2 is 2.10 bits per heavy atom. The number of aryl methyl sites for hydroxylation is 1. The predicted molar refractivity (Wildman–Crippen MR) is 77.6 cm³/mol. The van der Waals surface area contributed by atoms with Gasteiger partial charge in [-0.05, 0) is 18.9 Å². The number of benzene rings is 1. The Kier molecular flexibility index (Phi) is 4.15. The number of carbonyl (C=O) groups is 1. The molecule has 1 saturated heterocycles. The van der Waals surface area contributed by atoms with Gasteiger partial charge in [-0.15, -0.1) is 0 Å². The van der Waals surface area contributed by atoms with Crippen LogP contribution in [0.3, 0.4) is 0 Å². The van der Waals surface area contributed by atoms with Crippen LogP contribution in [0.1, 0.15) is 17.5 Å². The third kappa shape index (κ3) is 3.02. The van der Waals surface area contributed by atoms with Crippen LogP contribution in [-0.2, 0) is 20.6 Å². The molecule has 0 saturated carbocycles. The molecular weight excluding hydrogens is 276 g/mol. The monoisotopic (exact) mass is 296 g/mol. The fourth-order valence-corrected chi connectivity index (χ4v) is 3.84. The first-order chi connectivity index (χ1) is 9.31. The number of nitrogens with zero attached hydrogens (tertiary/aromatic N) is 2. The van der Waals surface area contributed by atoms with E-state index in [1.807, 2.05) is 25.1 Å². The van der Waals surface area contributed by atoms with Gasteiger partial charge in [0.2, 0.25) is 15.9 Å². The third-order valence-electron chi connectivity index (χ3n) is 3.71. The molecule has 0 N–H and O–H groups in total. The van der Waals surface area contributed by atoms with Crippen molar-refractivity contribution in [3.8, 4) is 0 Å². The van der Waals surface area contributed by atoms with E-state index in [-0.39, 0.29) is 11.7 Å². The van der Waals surface area contributed by atoms with Crippen LogP contribution in [0.5, 0.6) is 0 Å². The molecule has 5 nitrogen and oxygen atoms in total. The summed E-state index contributed by atoms with van der Waals surface area (Å²) < 4.78 is 26.0. The minimum absolute atomic E-state index is 0.0708. The van der Waals surface area contributed by atoms with Gasteiger partial charge >= 0.3 is 0 Å². The molecule has 0 aliphatic carbocycles. The van der Waals surface area contributed by atoms with Crippen molar-refractivity contribution in [2.75, 3.05) is 20.6 Å². The highest BCUT2D eigenvalue weighted by atomic mass is 32.2. The number of hydrogen-bond acceptors (Lipinski definition) is 3. The zero-order chi connectivity index (χ0) is 14.9. The fourth-order valence-electron chi connectivity index (χ4n) is 2.45. The Balaban J connectivity index is 2.16. The predicted octanol–water partition coefficient (Wildman–Crippen LogP) is 0.987. The van der Waals surface area contributed by atoms with Crippen LogP contribution in [0.4, 0.5) is 0 Å². The van der Waals surface area contributed by atoms with Gasteiger partial charge in [0.15, 0.2) is 0 Å². The Hall–Kier alpha value is -1.40. The lowest BCUT2D eigenvalue weighted by Gasteiger charge is -2.22. The molecule has 2 rings (SSSR count). The van der Waals surface area contributed by atoms with E-state index in [1.54, 1.807) is 18.0 Å². The molecule has 1 heterocycles. The maximum absolute atomic E-state index is 12.4. The molecule has 20 heavy (non-hydrogen) atoms. The average Bonchev–Trinajstić information content (AvgIpc) is 2.68. The van der Waals surface area contributed by atoms with Gasteiger partial charge in [-0.3, -0.25) is 4.79 Å². The molecule has 1 aliphatic rings. The van der Waals surface area contributed by atoms with Gasteiger partial charge in [-0.25, -0.2) is 8.42 Å². The van der Waals surface area contributed by atoms with Crippen LogP contribution < -0.4 is 0 Å². The second-order valence-corrected chi connectivity index (χ2v) is 7.35. The molecule has 0 unspecified atom stereocenters. The minimum Gasteiger partial charge on any atom is -0.344 e. The summed E-state index contributed by atoms with van der Waals surface area (Å²) in [6, 6.07) is 6.86. The third-order valence-corrected chi connectivity index (χ3v) is 5.54. The molecule has 1 aromatic carbocycles. The van der Waals surface area contributed by atoms with E-state index < -0.39 is 16.1 Å². The highest BCUT2D eigenvalue weighted by Crippen LogP contribution is 2.20. The van der Waals surface area contributed by atoms with Gasteiger partial charge in [-0.1, -0.05) is 29.8 Å². The topological polar surface area (TPSA) is 57.7 Å². The lowest BCUT2D eigenvalue weighted by Crippen LogP contribution is -2.42. The highest BCUT2D eigenvalue weighted by Gasteiger charge is 2.37. The number of hydrogen-bond donors (Lipinski definition) is 0. The standard InChI is InChI=1S/C14H20N2O3S/c1-11-5-4-6-12(9-11)10-20(18,19)16(3)13-7-8-15(2)14(13)17/h4-6,9,13H,7-8,10H2,1-3H3/t13-/m1/s1. The zero-order valence-corrected chi connectivity index (χ0v) is 12.9. The van der Waals surface area contributed by atoms with Crippen molar-refractivity contribution in [1.29, 1.82) is 0 Å². The van der Waals surface area contributed by atoms with Crippen LogP contribution in [0.15, 0.2) is 24.3 Å². The molecular formula is C14H20N2O3S. The molecule has 0 aromatic heterocycles. The van der Waals surface area contributed by atoms with E-state index in [2.05, 4.69) is 0 Å². The van der Waals surface area contributed by atoms with Crippen molar-refractivity contribution in [3.63, 3.8) is 0 Å². The van der Waals surface area contributed by atoms with Crippen LogP contribution >= 0.6 is 0 Å². The summed E-state index contributed by atoms with van der Waals surface area (Å²) in [5.74, 6) is -0.195. The summed E-state index contributed by atoms with van der Waals surface area (Å²) in [5.41, 5.74) is 1.77. The van der Waals surface area contributed by atoms with Crippen molar-refractivity contribution in [1.82, 2.24) is 9.21 Å². The Bertz CT molecular complexity index is 613. The average molecular weight is 296 g/mol. The molecule has 6 heteroatoms. The Labute approximate surface area is 120 Å². The van der Waals surface area contributed by atoms with Gasteiger partial charge in [0.1, 0.15) is 6.04 Å². The largest absolute Gasteiger partial charge is 0.344 e. The number of sulfonamides is 1. The van der Waals surface area contributed by atoms with E-state index in [1.165, 1.54) is 11.4 Å². The number of likely N-dealkylation sites (tertiary alicyclic amines) is 1. The summed E-state index contributed by atoms with van der Waals surface area (Å²) in [6.45, 7) is 2.53. The molecule has 1 aromatic rings. The maximum atomic E-state index is 12.4. The first-order valence-corrected chi connectivity index (χ1v) is 8.18. The molecule has 1 atom stereocenters. The van der Waals surface area contributed by atoms with E-state index in [0.29, 0.717) is 13.0 Å². The van der Waals surface area contributed by atoms with Gasteiger partial charge in [0.25, 0.3) is 0 Å². The normalized spacial score (nSPS) is 19.9. The Morgan fingerprint density at radius 1 is 1.40 bits per heavy atom. The molecule has 1 amide bonds. The molecule has 1 aliphatic heterocycles. The fraction of sp³-hybridized carbons (Fsp3) is 0.500. The van der Waals surface area contributed by atoms with E-state index in [0.717, 1.165) is 11.1 Å². The minimum atomic E-state index is -3.48. The summed E-state index contributed by atoms with van der Waals surface area (Å²) in [4.78, 5) is 13.5. The van der Waals surface area contributed by atoms with Gasteiger partial charge in [0.05, 0.1) is 5.75 Å². The van der Waals surface area contributed by atoms with Gasteiger partial charge in [0, 0.05) is 20.6 Å². The van der Waals surface area contributed by atoms with Crippen molar-refractivity contribution in [2.24, 2.45) is 0 Å². The second kappa shape index (κ2) is 5.54. The second-order valence-electron chi connectivity index (χ2n) is 5.33. The summed E-state index contributed by atoms with van der Waals surface area (Å²) >= 11 is 0. The van der Waals surface area contributed by atoms with Crippen molar-refractivity contribution in [3.05, 3.63) is 35.4 Å². The van der Waals surface area contributed by atoms with Gasteiger partial charge < -0.3 is 4.90 Å². The van der Waals surface area contributed by atoms with Crippen LogP contribution in [0.2, 0.25) is 0 Å². The van der Waals surface area contributed by atoms with Crippen LogP contribution in [0.25, 0.3) is 0 Å². The van der Waals surface area contributed by atoms with Gasteiger partial charge in [-0.2, -0.15) is 4.31 Å². The van der Waals surface area contributed by atoms with E-state index >= 15 is 0 Å². The molecule has 0 bridgehead atoms. The molecule has 0 radical (unpaired) electrons. The first-order valence-electron chi connectivity index (χ1n) is 6.57. The number of likely N-dealkylation sites (N-methyl/N-ethyl adjacent to an activating group) is 2. The summed E-state index contributed by atoms with van der Waals surface area (Å²) in [6.07, 6.45) is 0.554. The quantitative estimate of drug-likeness (QED) is 0.832.